The van der Waals surface area contributed by atoms with Gasteiger partial charge >= 0.3 is 6.61 Å². The molecule has 1 saturated carbocycles. The topological polar surface area (TPSA) is 64.9 Å². The van der Waals surface area contributed by atoms with Crippen LogP contribution in [0.4, 0.5) is 8.78 Å². The van der Waals surface area contributed by atoms with Gasteiger partial charge in [0.05, 0.1) is 19.0 Å². The molecule has 0 bridgehead atoms. The zero-order valence-electron chi connectivity index (χ0n) is 14.8. The third kappa shape index (κ3) is 3.66. The van der Waals surface area contributed by atoms with Gasteiger partial charge in [0.2, 0.25) is 0 Å². The fourth-order valence-corrected chi connectivity index (χ4v) is 3.29. The van der Waals surface area contributed by atoms with E-state index in [0.29, 0.717) is 16.9 Å². The Labute approximate surface area is 167 Å². The van der Waals surface area contributed by atoms with Gasteiger partial charge in [0.1, 0.15) is 22.7 Å². The Morgan fingerprint density at radius 2 is 2.07 bits per heavy atom. The minimum absolute atomic E-state index is 0.0463. The number of alkyl halides is 2. The maximum Gasteiger partial charge on any atom is 0.387 e. The van der Waals surface area contributed by atoms with Crippen molar-refractivity contribution in [2.24, 2.45) is 0 Å². The number of ether oxygens (including phenoxy) is 2. The molecule has 0 unspecified atom stereocenters. The van der Waals surface area contributed by atoms with Crippen molar-refractivity contribution in [2.75, 3.05) is 7.11 Å². The van der Waals surface area contributed by atoms with Crippen LogP contribution >= 0.6 is 15.9 Å². The summed E-state index contributed by atoms with van der Waals surface area (Å²) in [5.41, 5.74) is 1.81. The molecule has 1 aliphatic rings. The summed E-state index contributed by atoms with van der Waals surface area (Å²) < 4.78 is 38.7. The van der Waals surface area contributed by atoms with E-state index in [9.17, 15) is 13.6 Å². The number of fused-ring (bicyclic) bond motifs is 1. The van der Waals surface area contributed by atoms with Gasteiger partial charge in [0.15, 0.2) is 0 Å². The quantitative estimate of drug-likeness (QED) is 0.607. The summed E-state index contributed by atoms with van der Waals surface area (Å²) in [5.74, 6) is -0.587. The van der Waals surface area contributed by atoms with Crippen molar-refractivity contribution in [1.29, 1.82) is 0 Å². The van der Waals surface area contributed by atoms with Gasteiger partial charge in [-0.05, 0) is 37.1 Å². The summed E-state index contributed by atoms with van der Waals surface area (Å²) in [7, 11) is 1.38. The van der Waals surface area contributed by atoms with E-state index in [1.54, 1.807) is 22.9 Å². The molecule has 1 N–H and O–H groups in total. The van der Waals surface area contributed by atoms with Crippen molar-refractivity contribution in [3.8, 4) is 22.8 Å². The summed E-state index contributed by atoms with van der Waals surface area (Å²) in [6.45, 7) is -3.08. The van der Waals surface area contributed by atoms with Gasteiger partial charge in [-0.1, -0.05) is 15.9 Å². The van der Waals surface area contributed by atoms with Gasteiger partial charge in [-0.25, -0.2) is 4.98 Å². The number of halogens is 3. The molecular weight excluding hydrogens is 436 g/mol. The summed E-state index contributed by atoms with van der Waals surface area (Å²) >= 11 is 3.39. The predicted molar refractivity (Wildman–Crippen MR) is 102 cm³/mol. The normalized spacial score (nSPS) is 13.8. The second-order valence-electron chi connectivity index (χ2n) is 6.39. The van der Waals surface area contributed by atoms with E-state index < -0.39 is 12.5 Å². The van der Waals surface area contributed by atoms with Crippen LogP contribution in [-0.4, -0.2) is 35.1 Å². The smallest absolute Gasteiger partial charge is 0.387 e. The van der Waals surface area contributed by atoms with Crippen LogP contribution in [0.3, 0.4) is 0 Å². The van der Waals surface area contributed by atoms with Gasteiger partial charge in [0.25, 0.3) is 5.91 Å². The fourth-order valence-electron chi connectivity index (χ4n) is 2.97. The molecule has 2 heterocycles. The minimum atomic E-state index is -3.08. The van der Waals surface area contributed by atoms with Crippen LogP contribution < -0.4 is 14.8 Å². The van der Waals surface area contributed by atoms with Crippen molar-refractivity contribution in [3.63, 3.8) is 0 Å². The van der Waals surface area contributed by atoms with Gasteiger partial charge in [-0.2, -0.15) is 8.78 Å². The highest BCUT2D eigenvalue weighted by Gasteiger charge is 2.29. The number of rotatable bonds is 6. The highest BCUT2D eigenvalue weighted by Crippen LogP contribution is 2.37. The molecule has 0 atom stereocenters. The Morgan fingerprint density at radius 1 is 1.32 bits per heavy atom. The molecule has 1 aromatic carbocycles. The molecule has 9 heteroatoms. The van der Waals surface area contributed by atoms with Crippen molar-refractivity contribution in [1.82, 2.24) is 14.7 Å². The number of carbonyl (C=O) groups is 1. The lowest BCUT2D eigenvalue weighted by molar-refractivity contribution is -0.0502. The number of hydrogen-bond acceptors (Lipinski definition) is 4. The number of aromatic nitrogens is 2. The van der Waals surface area contributed by atoms with Crippen LogP contribution in [-0.2, 0) is 0 Å². The van der Waals surface area contributed by atoms with Gasteiger partial charge < -0.3 is 14.8 Å². The lowest BCUT2D eigenvalue weighted by Crippen LogP contribution is -2.26. The molecule has 1 aliphatic carbocycles. The van der Waals surface area contributed by atoms with Crippen molar-refractivity contribution in [2.45, 2.75) is 25.5 Å². The first-order chi connectivity index (χ1) is 13.5. The second-order valence-corrected chi connectivity index (χ2v) is 7.31. The van der Waals surface area contributed by atoms with Crippen LogP contribution in [0.25, 0.3) is 16.9 Å². The molecule has 3 aromatic rings. The third-order valence-electron chi connectivity index (χ3n) is 4.41. The first-order valence-corrected chi connectivity index (χ1v) is 9.36. The van der Waals surface area contributed by atoms with Crippen LogP contribution in [0.1, 0.15) is 23.2 Å². The van der Waals surface area contributed by atoms with E-state index in [1.165, 1.54) is 13.2 Å². The maximum atomic E-state index is 13.0. The average Bonchev–Trinajstić information content (AvgIpc) is 3.36. The lowest BCUT2D eigenvalue weighted by atomic mass is 10.1. The molecule has 28 heavy (non-hydrogen) atoms. The maximum absolute atomic E-state index is 13.0. The number of hydrogen-bond donors (Lipinski definition) is 1. The molecule has 6 nitrogen and oxygen atoms in total. The number of amides is 1. The standard InChI is InChI=1S/C19H16BrF2N3O3/c1-27-14-6-10(13-9-23-16-8-11(20)4-5-25(13)16)7-15(28-19(21)22)17(14)18(26)24-12-2-3-12/h4-9,12,19H,2-3H2,1H3,(H,24,26). The van der Waals surface area contributed by atoms with Gasteiger partial charge in [-0.15, -0.1) is 0 Å². The predicted octanol–water partition coefficient (Wildman–Crippen LogP) is 4.27. The van der Waals surface area contributed by atoms with E-state index in [2.05, 4.69) is 31.0 Å². The molecule has 0 aliphatic heterocycles. The number of nitrogens with one attached hydrogen (secondary N) is 1. The molecular formula is C19H16BrF2N3O3. The van der Waals surface area contributed by atoms with E-state index in [-0.39, 0.29) is 23.1 Å². The zero-order valence-corrected chi connectivity index (χ0v) is 16.4. The summed E-state index contributed by atoms with van der Waals surface area (Å²) in [6.07, 6.45) is 5.16. The number of imidazole rings is 1. The van der Waals surface area contributed by atoms with Crippen LogP contribution in [0.15, 0.2) is 41.1 Å². The molecule has 0 spiro atoms. The number of carbonyl (C=O) groups excluding carboxylic acids is 1. The minimum Gasteiger partial charge on any atom is -0.496 e. The molecule has 1 fully saturated rings. The molecule has 146 valence electrons. The number of nitrogens with zero attached hydrogens (tertiary/aromatic N) is 2. The van der Waals surface area contributed by atoms with Gasteiger partial charge in [0, 0.05) is 22.3 Å². The number of benzene rings is 1. The largest absolute Gasteiger partial charge is 0.496 e. The molecule has 4 rings (SSSR count). The first-order valence-electron chi connectivity index (χ1n) is 8.57. The number of methoxy groups -OCH3 is 1. The Bertz CT molecular complexity index is 1050. The summed E-state index contributed by atoms with van der Waals surface area (Å²) in [4.78, 5) is 16.9. The average molecular weight is 452 g/mol. The molecule has 1 amide bonds. The summed E-state index contributed by atoms with van der Waals surface area (Å²) in [6, 6.07) is 6.75. The highest BCUT2D eigenvalue weighted by atomic mass is 79.9. The Balaban J connectivity index is 1.84. The third-order valence-corrected chi connectivity index (χ3v) is 4.91. The van der Waals surface area contributed by atoms with Crippen LogP contribution in [0.5, 0.6) is 11.5 Å². The zero-order chi connectivity index (χ0) is 19.8. The van der Waals surface area contributed by atoms with E-state index in [0.717, 1.165) is 17.3 Å². The van der Waals surface area contributed by atoms with Crippen molar-refractivity contribution in [3.05, 3.63) is 46.7 Å². The first kappa shape index (κ1) is 18.7. The van der Waals surface area contributed by atoms with E-state index in [1.807, 2.05) is 12.1 Å². The Kier molecular flexibility index (Phi) is 4.92. The van der Waals surface area contributed by atoms with Gasteiger partial charge in [-0.3, -0.25) is 9.20 Å². The molecule has 0 saturated heterocycles. The van der Waals surface area contributed by atoms with E-state index in [4.69, 9.17) is 4.74 Å². The molecule has 2 aromatic heterocycles. The monoisotopic (exact) mass is 451 g/mol. The van der Waals surface area contributed by atoms with Crippen molar-refractivity contribution < 1.29 is 23.0 Å². The van der Waals surface area contributed by atoms with Crippen LogP contribution in [0.2, 0.25) is 0 Å². The molecule has 0 radical (unpaired) electrons. The Hall–Kier alpha value is -2.68. The fraction of sp³-hybridized carbons (Fsp3) is 0.263. The highest BCUT2D eigenvalue weighted by molar-refractivity contribution is 9.10. The summed E-state index contributed by atoms with van der Waals surface area (Å²) in [5, 5.41) is 2.78. The van der Waals surface area contributed by atoms with Crippen molar-refractivity contribution >= 4 is 27.5 Å². The Morgan fingerprint density at radius 3 is 2.75 bits per heavy atom. The van der Waals surface area contributed by atoms with Crippen LogP contribution in [0, 0.1) is 0 Å². The van der Waals surface area contributed by atoms with E-state index >= 15 is 0 Å². The SMILES string of the molecule is COc1cc(-c2cnc3cc(Br)ccn23)cc(OC(F)F)c1C(=O)NC1CC1. The number of pyridine rings is 1. The lowest BCUT2D eigenvalue weighted by Gasteiger charge is -2.16. The second kappa shape index (κ2) is 7.38.